The van der Waals surface area contributed by atoms with Gasteiger partial charge < -0.3 is 15.2 Å². The van der Waals surface area contributed by atoms with Gasteiger partial charge in [-0.3, -0.25) is 4.79 Å². The van der Waals surface area contributed by atoms with E-state index in [0.717, 1.165) is 30.6 Å². The molecule has 5 nitrogen and oxygen atoms in total. The highest BCUT2D eigenvalue weighted by Crippen LogP contribution is 2.34. The highest BCUT2D eigenvalue weighted by atomic mass is 32.1. The summed E-state index contributed by atoms with van der Waals surface area (Å²) in [7, 11) is 1.65. The number of hydrogen-bond acceptors (Lipinski definition) is 4. The quantitative estimate of drug-likeness (QED) is 0.853. The van der Waals surface area contributed by atoms with Gasteiger partial charge in [-0.25, -0.2) is 4.79 Å². The van der Waals surface area contributed by atoms with Crippen LogP contribution in [0.15, 0.2) is 12.1 Å². The van der Waals surface area contributed by atoms with Gasteiger partial charge in [0.2, 0.25) is 0 Å². The lowest BCUT2D eigenvalue weighted by Crippen LogP contribution is -2.49. The zero-order valence-corrected chi connectivity index (χ0v) is 10.9. The summed E-state index contributed by atoms with van der Waals surface area (Å²) in [4.78, 5) is 23.1. The van der Waals surface area contributed by atoms with Crippen LogP contribution in [0, 0.1) is 0 Å². The van der Waals surface area contributed by atoms with Crippen LogP contribution in [0.25, 0.3) is 0 Å². The van der Waals surface area contributed by atoms with Crippen LogP contribution in [0.2, 0.25) is 0 Å². The van der Waals surface area contributed by atoms with E-state index in [9.17, 15) is 9.59 Å². The Morgan fingerprint density at radius 2 is 2.11 bits per heavy atom. The van der Waals surface area contributed by atoms with Crippen molar-refractivity contribution in [1.29, 1.82) is 0 Å². The molecule has 0 bridgehead atoms. The highest BCUT2D eigenvalue weighted by Gasteiger charge is 2.37. The maximum absolute atomic E-state index is 11.8. The average Bonchev–Trinajstić information content (AvgIpc) is 2.77. The monoisotopic (exact) mass is 269 g/mol. The summed E-state index contributed by atoms with van der Waals surface area (Å²) in [5.41, 5.74) is -0.220. The molecule has 0 saturated heterocycles. The molecule has 1 aliphatic rings. The van der Waals surface area contributed by atoms with E-state index in [-0.39, 0.29) is 16.4 Å². The number of methoxy groups -OCH3 is 1. The van der Waals surface area contributed by atoms with E-state index >= 15 is 0 Å². The van der Waals surface area contributed by atoms with Crippen molar-refractivity contribution < 1.29 is 19.4 Å². The molecule has 1 amide bonds. The van der Waals surface area contributed by atoms with Crippen LogP contribution >= 0.6 is 11.3 Å². The second-order valence-corrected chi connectivity index (χ2v) is 5.48. The summed E-state index contributed by atoms with van der Waals surface area (Å²) in [5, 5.41) is 11.6. The van der Waals surface area contributed by atoms with E-state index in [1.54, 1.807) is 7.11 Å². The predicted octanol–water partition coefficient (Wildman–Crippen LogP) is 1.75. The molecular formula is C12H15NO4S. The fourth-order valence-corrected chi connectivity index (χ4v) is 2.69. The second kappa shape index (κ2) is 5.07. The molecule has 2 N–H and O–H groups in total. The van der Waals surface area contributed by atoms with Gasteiger partial charge in [-0.05, 0) is 31.4 Å². The number of hydrogen-bond donors (Lipinski definition) is 2. The van der Waals surface area contributed by atoms with E-state index in [1.165, 1.54) is 12.1 Å². The third-order valence-electron chi connectivity index (χ3n) is 3.31. The SMILES string of the molecule is COC1(CNC(=O)c2ccc(C(=O)O)s2)CCC1. The predicted molar refractivity (Wildman–Crippen MR) is 67.2 cm³/mol. The lowest BCUT2D eigenvalue weighted by Gasteiger charge is -2.40. The first-order valence-corrected chi connectivity index (χ1v) is 6.54. The van der Waals surface area contributed by atoms with E-state index in [0.29, 0.717) is 11.4 Å². The van der Waals surface area contributed by atoms with Gasteiger partial charge in [-0.1, -0.05) is 0 Å². The number of ether oxygens (including phenoxy) is 1. The molecule has 0 atom stereocenters. The fraction of sp³-hybridized carbons (Fsp3) is 0.500. The number of carboxylic acids is 1. The molecule has 6 heteroatoms. The maximum atomic E-state index is 11.8. The van der Waals surface area contributed by atoms with E-state index in [2.05, 4.69) is 5.32 Å². The van der Waals surface area contributed by atoms with Crippen molar-refractivity contribution >= 4 is 23.2 Å². The third-order valence-corrected chi connectivity index (χ3v) is 4.38. The molecule has 1 aliphatic carbocycles. The molecule has 18 heavy (non-hydrogen) atoms. The van der Waals surface area contributed by atoms with Gasteiger partial charge in [0.05, 0.1) is 10.5 Å². The summed E-state index contributed by atoms with van der Waals surface area (Å²) < 4.78 is 5.40. The molecule has 0 unspecified atom stereocenters. The minimum atomic E-state index is -1.01. The molecule has 1 aromatic heterocycles. The first-order valence-electron chi connectivity index (χ1n) is 5.73. The van der Waals surface area contributed by atoms with Crippen LogP contribution in [0.1, 0.15) is 38.6 Å². The van der Waals surface area contributed by atoms with Gasteiger partial charge in [0.25, 0.3) is 5.91 Å². The molecule has 1 saturated carbocycles. The van der Waals surface area contributed by atoms with Crippen molar-refractivity contribution in [3.8, 4) is 0 Å². The number of carboxylic acid groups (broad SMARTS) is 1. The molecule has 0 radical (unpaired) electrons. The first kappa shape index (κ1) is 13.0. The Hall–Kier alpha value is -1.40. The second-order valence-electron chi connectivity index (χ2n) is 4.39. The van der Waals surface area contributed by atoms with Crippen molar-refractivity contribution in [2.45, 2.75) is 24.9 Å². The number of rotatable bonds is 5. The van der Waals surface area contributed by atoms with Crippen molar-refractivity contribution in [1.82, 2.24) is 5.32 Å². The lowest BCUT2D eigenvalue weighted by atomic mass is 9.80. The molecule has 1 aromatic rings. The summed E-state index contributed by atoms with van der Waals surface area (Å²) in [6.07, 6.45) is 3.02. The topological polar surface area (TPSA) is 75.6 Å². The Bertz CT molecular complexity index is 459. The zero-order chi connectivity index (χ0) is 13.2. The minimum absolute atomic E-state index is 0.172. The normalized spacial score (nSPS) is 16.9. The third kappa shape index (κ3) is 2.54. The minimum Gasteiger partial charge on any atom is -0.477 e. The lowest BCUT2D eigenvalue weighted by molar-refractivity contribution is -0.0679. The van der Waals surface area contributed by atoms with Gasteiger partial charge in [-0.15, -0.1) is 11.3 Å². The van der Waals surface area contributed by atoms with Gasteiger partial charge in [0, 0.05) is 13.7 Å². The zero-order valence-electron chi connectivity index (χ0n) is 10.1. The van der Waals surface area contributed by atoms with Gasteiger partial charge >= 0.3 is 5.97 Å². The van der Waals surface area contributed by atoms with Crippen LogP contribution in [-0.4, -0.2) is 36.2 Å². The number of thiophene rings is 1. The molecule has 0 aromatic carbocycles. The van der Waals surface area contributed by atoms with Crippen LogP contribution in [0.5, 0.6) is 0 Å². The first-order chi connectivity index (χ1) is 8.56. The number of amides is 1. The number of nitrogens with one attached hydrogen (secondary N) is 1. The summed E-state index contributed by atoms with van der Waals surface area (Å²) in [6.45, 7) is 0.475. The van der Waals surface area contributed by atoms with Gasteiger partial charge in [0.15, 0.2) is 0 Å². The summed E-state index contributed by atoms with van der Waals surface area (Å²) in [6, 6.07) is 2.97. The Morgan fingerprint density at radius 3 is 2.56 bits per heavy atom. The van der Waals surface area contributed by atoms with Crippen LogP contribution in [0.4, 0.5) is 0 Å². The molecule has 0 aliphatic heterocycles. The van der Waals surface area contributed by atoms with Crippen LogP contribution < -0.4 is 5.32 Å². The van der Waals surface area contributed by atoms with Crippen LogP contribution in [-0.2, 0) is 4.74 Å². The summed E-state index contributed by atoms with van der Waals surface area (Å²) >= 11 is 0.980. The Morgan fingerprint density at radius 1 is 1.44 bits per heavy atom. The maximum Gasteiger partial charge on any atom is 0.345 e. The molecule has 98 valence electrons. The Balaban J connectivity index is 1.93. The van der Waals surface area contributed by atoms with Gasteiger partial charge in [-0.2, -0.15) is 0 Å². The molecule has 1 fully saturated rings. The fourth-order valence-electron chi connectivity index (χ4n) is 1.93. The van der Waals surface area contributed by atoms with E-state index in [4.69, 9.17) is 9.84 Å². The molecule has 0 spiro atoms. The van der Waals surface area contributed by atoms with Crippen molar-refractivity contribution in [3.05, 3.63) is 21.9 Å². The Kier molecular flexibility index (Phi) is 3.68. The smallest absolute Gasteiger partial charge is 0.345 e. The Labute approximate surface area is 109 Å². The van der Waals surface area contributed by atoms with Crippen molar-refractivity contribution in [2.24, 2.45) is 0 Å². The molecule has 1 heterocycles. The average molecular weight is 269 g/mol. The number of carbonyl (C=O) groups is 2. The molecule has 2 rings (SSSR count). The van der Waals surface area contributed by atoms with Crippen molar-refractivity contribution in [3.63, 3.8) is 0 Å². The van der Waals surface area contributed by atoms with Crippen molar-refractivity contribution in [2.75, 3.05) is 13.7 Å². The highest BCUT2D eigenvalue weighted by molar-refractivity contribution is 7.15. The standard InChI is InChI=1S/C12H15NO4S/c1-17-12(5-2-6-12)7-13-10(14)8-3-4-9(18-8)11(15)16/h3-4H,2,5-7H2,1H3,(H,13,14)(H,15,16). The van der Waals surface area contributed by atoms with E-state index in [1.807, 2.05) is 0 Å². The number of aromatic carboxylic acids is 1. The molecular weight excluding hydrogens is 254 g/mol. The van der Waals surface area contributed by atoms with Gasteiger partial charge in [0.1, 0.15) is 4.88 Å². The van der Waals surface area contributed by atoms with Crippen LogP contribution in [0.3, 0.4) is 0 Å². The largest absolute Gasteiger partial charge is 0.477 e. The summed E-state index contributed by atoms with van der Waals surface area (Å²) in [5.74, 6) is -1.25. The number of carbonyl (C=O) groups excluding carboxylic acids is 1. The van der Waals surface area contributed by atoms with E-state index < -0.39 is 5.97 Å².